The Bertz CT molecular complexity index is 1390. The van der Waals surface area contributed by atoms with Crippen molar-refractivity contribution in [1.29, 1.82) is 0 Å². The number of halogens is 2. The van der Waals surface area contributed by atoms with Gasteiger partial charge < -0.3 is 20.3 Å². The molecule has 40 heavy (non-hydrogen) atoms. The lowest BCUT2D eigenvalue weighted by Crippen LogP contribution is -2.49. The molecule has 2 N–H and O–H groups in total. The molecule has 1 fully saturated rings. The predicted molar refractivity (Wildman–Crippen MR) is 149 cm³/mol. The van der Waals surface area contributed by atoms with Crippen molar-refractivity contribution in [2.45, 2.75) is 65.0 Å². The predicted octanol–water partition coefficient (Wildman–Crippen LogP) is 5.13. The first-order valence-electron chi connectivity index (χ1n) is 13.8. The van der Waals surface area contributed by atoms with Gasteiger partial charge in [-0.15, -0.1) is 0 Å². The van der Waals surface area contributed by atoms with Crippen LogP contribution in [0.3, 0.4) is 0 Å². The first kappa shape index (κ1) is 27.7. The zero-order chi connectivity index (χ0) is 28.6. The maximum absolute atomic E-state index is 15.3. The number of carbonyl (C=O) groups is 1. The number of primary amides is 1. The highest BCUT2D eigenvalue weighted by molar-refractivity contribution is 5.73. The van der Waals surface area contributed by atoms with E-state index in [0.29, 0.717) is 49.0 Å². The third-order valence-electron chi connectivity index (χ3n) is 7.63. The first-order chi connectivity index (χ1) is 19.0. The molecular formula is C30H36F2N6O2. The van der Waals surface area contributed by atoms with Crippen molar-refractivity contribution in [3.63, 3.8) is 0 Å². The van der Waals surface area contributed by atoms with E-state index in [1.165, 1.54) is 6.07 Å². The van der Waals surface area contributed by atoms with E-state index in [2.05, 4.69) is 19.9 Å². The summed E-state index contributed by atoms with van der Waals surface area (Å²) in [5, 5.41) is 0. The van der Waals surface area contributed by atoms with Gasteiger partial charge >= 0.3 is 6.03 Å². The number of benzene rings is 1. The van der Waals surface area contributed by atoms with Crippen LogP contribution < -0.4 is 15.4 Å². The van der Waals surface area contributed by atoms with E-state index < -0.39 is 17.2 Å². The van der Waals surface area contributed by atoms with Crippen LogP contribution in [0.4, 0.5) is 19.3 Å². The molecule has 1 aromatic carbocycles. The Hall–Kier alpha value is -3.82. The van der Waals surface area contributed by atoms with Gasteiger partial charge in [-0.1, -0.05) is 6.07 Å². The number of aromatic nitrogens is 3. The number of piperidine rings is 1. The van der Waals surface area contributed by atoms with E-state index in [-0.39, 0.29) is 23.5 Å². The van der Waals surface area contributed by atoms with Crippen molar-refractivity contribution >= 4 is 11.7 Å². The summed E-state index contributed by atoms with van der Waals surface area (Å²) in [6.45, 7) is 9.85. The molecule has 8 nitrogen and oxygen atoms in total. The maximum atomic E-state index is 15.3. The topological polar surface area (TPSA) is 97.5 Å². The van der Waals surface area contributed by atoms with Crippen LogP contribution in [-0.2, 0) is 12.8 Å². The summed E-state index contributed by atoms with van der Waals surface area (Å²) in [7, 11) is 0. The maximum Gasteiger partial charge on any atom is 0.314 e. The molecule has 2 aliphatic heterocycles. The Labute approximate surface area is 233 Å². The fourth-order valence-electron chi connectivity index (χ4n) is 5.52. The second-order valence-electron chi connectivity index (χ2n) is 11.7. The summed E-state index contributed by atoms with van der Waals surface area (Å²) in [6.07, 6.45) is 6.00. The molecule has 0 spiro atoms. The molecule has 0 saturated carbocycles. The zero-order valence-corrected chi connectivity index (χ0v) is 23.5. The minimum atomic E-state index is -0.623. The number of hydrogen-bond acceptors (Lipinski definition) is 6. The molecule has 4 heterocycles. The van der Waals surface area contributed by atoms with Gasteiger partial charge in [0.05, 0.1) is 24.8 Å². The van der Waals surface area contributed by atoms with Crippen molar-refractivity contribution in [3.8, 4) is 17.0 Å². The highest BCUT2D eigenvalue weighted by atomic mass is 19.1. The second-order valence-corrected chi connectivity index (χ2v) is 11.7. The van der Waals surface area contributed by atoms with Crippen molar-refractivity contribution < 1.29 is 18.3 Å². The highest BCUT2D eigenvalue weighted by Gasteiger charge is 2.35. The van der Waals surface area contributed by atoms with E-state index in [0.717, 1.165) is 36.7 Å². The van der Waals surface area contributed by atoms with Crippen LogP contribution >= 0.6 is 0 Å². The highest BCUT2D eigenvalue weighted by Crippen LogP contribution is 2.42. The van der Waals surface area contributed by atoms with Crippen LogP contribution in [0.1, 0.15) is 57.6 Å². The normalized spacial score (nSPS) is 17.1. The van der Waals surface area contributed by atoms with Crippen LogP contribution in [0, 0.1) is 17.6 Å². The van der Waals surface area contributed by atoms with Gasteiger partial charge in [0.25, 0.3) is 0 Å². The van der Waals surface area contributed by atoms with Gasteiger partial charge in [-0.2, -0.15) is 0 Å². The van der Waals surface area contributed by atoms with Crippen LogP contribution in [0.25, 0.3) is 11.3 Å². The molecule has 1 saturated heterocycles. The number of amides is 2. The Morgan fingerprint density at radius 1 is 1.12 bits per heavy atom. The van der Waals surface area contributed by atoms with E-state index in [1.807, 2.05) is 46.0 Å². The minimum Gasteiger partial charge on any atom is -0.481 e. The average molecular weight is 551 g/mol. The molecule has 0 bridgehead atoms. The number of urea groups is 1. The number of hydrogen-bond donors (Lipinski definition) is 1. The molecule has 2 aromatic heterocycles. The molecule has 0 atom stereocenters. The molecule has 0 aliphatic carbocycles. The second kappa shape index (κ2) is 11.0. The van der Waals surface area contributed by atoms with Crippen molar-refractivity contribution in [3.05, 3.63) is 65.4 Å². The number of likely N-dealkylation sites (tertiary alicyclic amines) is 1. The fraction of sp³-hybridized carbons (Fsp3) is 0.467. The Morgan fingerprint density at radius 2 is 1.88 bits per heavy atom. The Morgan fingerprint density at radius 3 is 2.52 bits per heavy atom. The number of nitrogens with two attached hydrogens (primary N) is 1. The van der Waals surface area contributed by atoms with Gasteiger partial charge in [-0.25, -0.2) is 23.5 Å². The lowest BCUT2D eigenvalue weighted by atomic mass is 9.91. The number of ether oxygens (including phenoxy) is 1. The molecule has 0 unspecified atom stereocenters. The summed E-state index contributed by atoms with van der Waals surface area (Å²) in [5.41, 5.74) is 7.65. The Balaban J connectivity index is 1.32. The van der Waals surface area contributed by atoms with Gasteiger partial charge in [0.2, 0.25) is 0 Å². The number of carbonyl (C=O) groups excluding carboxylic acids is 1. The van der Waals surface area contributed by atoms with Crippen molar-refractivity contribution in [2.75, 3.05) is 24.5 Å². The van der Waals surface area contributed by atoms with Gasteiger partial charge in [0.15, 0.2) is 17.4 Å². The summed E-state index contributed by atoms with van der Waals surface area (Å²) < 4.78 is 36.2. The Kier molecular flexibility index (Phi) is 7.61. The first-order valence-corrected chi connectivity index (χ1v) is 13.8. The van der Waals surface area contributed by atoms with Crippen LogP contribution in [0.2, 0.25) is 0 Å². The van der Waals surface area contributed by atoms with Gasteiger partial charge in [0, 0.05) is 36.6 Å². The number of nitrogens with zero attached hydrogens (tertiary/aromatic N) is 5. The third-order valence-corrected chi connectivity index (χ3v) is 7.63. The molecule has 5 rings (SSSR count). The van der Waals surface area contributed by atoms with E-state index >= 15 is 4.39 Å². The van der Waals surface area contributed by atoms with Crippen molar-refractivity contribution in [2.24, 2.45) is 11.7 Å². The standard InChI is InChI=1S/C30H36F2N6O2/c1-18(2)38-17-30(3,4)40-28-23(31)12-21(13-25(28)38)27-24(32)16-35-26(36-27)14-22-6-5-20(15-34-22)11-19-7-9-37(10-8-19)29(33)39/h5-6,12-13,15-16,18-19H,7-11,14,17H2,1-4H3,(H2,33,39). The zero-order valence-electron chi connectivity index (χ0n) is 23.5. The third kappa shape index (κ3) is 6.00. The SMILES string of the molecule is CC(C)N1CC(C)(C)Oc2c(F)cc(-c3nc(Cc4ccc(CC5CCN(C(N)=O)CC5)cn4)ncc3F)cc21. The quantitative estimate of drug-likeness (QED) is 0.457. The van der Waals surface area contributed by atoms with Gasteiger partial charge in [-0.3, -0.25) is 4.98 Å². The molecule has 10 heteroatoms. The van der Waals surface area contributed by atoms with E-state index in [1.54, 1.807) is 11.0 Å². The fourth-order valence-corrected chi connectivity index (χ4v) is 5.52. The molecule has 212 valence electrons. The lowest BCUT2D eigenvalue weighted by molar-refractivity contribution is 0.0967. The number of fused-ring (bicyclic) bond motifs is 1. The number of anilines is 1. The van der Waals surface area contributed by atoms with Crippen LogP contribution in [0.15, 0.2) is 36.7 Å². The molecular weight excluding hydrogens is 514 g/mol. The number of pyridine rings is 1. The largest absolute Gasteiger partial charge is 0.481 e. The molecule has 2 amide bonds. The molecule has 3 aromatic rings. The van der Waals surface area contributed by atoms with Crippen LogP contribution in [0.5, 0.6) is 5.75 Å². The summed E-state index contributed by atoms with van der Waals surface area (Å²) in [4.78, 5) is 28.3. The lowest BCUT2D eigenvalue weighted by Gasteiger charge is -2.43. The molecule has 0 radical (unpaired) electrons. The molecule has 2 aliphatic rings. The van der Waals surface area contributed by atoms with Gasteiger partial charge in [-0.05, 0) is 76.6 Å². The smallest absolute Gasteiger partial charge is 0.314 e. The van der Waals surface area contributed by atoms with E-state index in [9.17, 15) is 9.18 Å². The minimum absolute atomic E-state index is 0.0409. The van der Waals surface area contributed by atoms with Gasteiger partial charge in [0.1, 0.15) is 17.1 Å². The average Bonchev–Trinajstić information content (AvgIpc) is 2.91. The monoisotopic (exact) mass is 550 g/mol. The summed E-state index contributed by atoms with van der Waals surface area (Å²) in [5.74, 6) is -0.130. The number of rotatable bonds is 6. The summed E-state index contributed by atoms with van der Waals surface area (Å²) in [6, 6.07) is 6.72. The van der Waals surface area contributed by atoms with E-state index in [4.69, 9.17) is 10.5 Å². The van der Waals surface area contributed by atoms with Crippen LogP contribution in [-0.4, -0.2) is 57.2 Å². The summed E-state index contributed by atoms with van der Waals surface area (Å²) >= 11 is 0. The van der Waals surface area contributed by atoms with Crippen molar-refractivity contribution in [1.82, 2.24) is 19.9 Å².